The molecule has 1 aliphatic rings. The molecular weight excluding hydrogens is 468 g/mol. The summed E-state index contributed by atoms with van der Waals surface area (Å²) >= 11 is 0. The quantitative estimate of drug-likeness (QED) is 0.423. The van der Waals surface area contributed by atoms with Gasteiger partial charge in [0.25, 0.3) is 0 Å². The van der Waals surface area contributed by atoms with E-state index in [1.54, 1.807) is 13.2 Å². The van der Waals surface area contributed by atoms with Gasteiger partial charge in [-0.15, -0.1) is 0 Å². The highest BCUT2D eigenvalue weighted by Gasteiger charge is 2.34. The molecule has 6 nitrogen and oxygen atoms in total. The number of rotatable bonds is 7. The van der Waals surface area contributed by atoms with Crippen LogP contribution in [0, 0.1) is 17.0 Å². The number of halogens is 2. The molecule has 1 atom stereocenters. The van der Waals surface area contributed by atoms with Gasteiger partial charge < -0.3 is 19.1 Å². The highest BCUT2D eigenvalue weighted by molar-refractivity contribution is 5.88. The molecule has 1 aliphatic heterocycles. The van der Waals surface area contributed by atoms with Crippen molar-refractivity contribution in [1.82, 2.24) is 4.57 Å². The first kappa shape index (κ1) is 25.6. The first-order chi connectivity index (χ1) is 17.0. The highest BCUT2D eigenvalue weighted by atomic mass is 19.1. The van der Waals surface area contributed by atoms with Crippen LogP contribution < -0.4 is 10.2 Å². The third-order valence-electron chi connectivity index (χ3n) is 6.51. The number of aromatic carboxylic acids is 1. The molecule has 3 aromatic rings. The van der Waals surface area contributed by atoms with Gasteiger partial charge in [0.2, 0.25) is 0 Å². The van der Waals surface area contributed by atoms with E-state index in [1.165, 1.54) is 24.4 Å². The number of methoxy groups -OCH3 is 1. The van der Waals surface area contributed by atoms with E-state index in [0.717, 1.165) is 11.6 Å². The summed E-state index contributed by atoms with van der Waals surface area (Å²) in [5.41, 5.74) is 1.51. The van der Waals surface area contributed by atoms with E-state index in [2.05, 4.69) is 20.8 Å². The lowest BCUT2D eigenvalue weighted by Crippen LogP contribution is -2.32. The molecule has 4 rings (SSSR count). The van der Waals surface area contributed by atoms with E-state index in [-0.39, 0.29) is 22.6 Å². The first-order valence-electron chi connectivity index (χ1n) is 11.7. The fourth-order valence-corrected chi connectivity index (χ4v) is 4.67. The summed E-state index contributed by atoms with van der Waals surface area (Å²) in [7, 11) is 1.60. The van der Waals surface area contributed by atoms with Crippen molar-refractivity contribution in [2.45, 2.75) is 39.7 Å². The second-order valence-corrected chi connectivity index (χ2v) is 10.1. The van der Waals surface area contributed by atoms with Crippen LogP contribution in [-0.4, -0.2) is 36.0 Å². The Labute approximate surface area is 208 Å². The molecule has 0 spiro atoms. The zero-order valence-electron chi connectivity index (χ0n) is 20.7. The van der Waals surface area contributed by atoms with Crippen molar-refractivity contribution in [3.8, 4) is 28.1 Å². The Balaban J connectivity index is 1.95. The molecule has 2 aromatic carbocycles. The van der Waals surface area contributed by atoms with Crippen molar-refractivity contribution in [2.24, 2.45) is 5.41 Å². The van der Waals surface area contributed by atoms with Gasteiger partial charge in [-0.25, -0.2) is 13.6 Å². The Morgan fingerprint density at radius 3 is 2.47 bits per heavy atom. The van der Waals surface area contributed by atoms with Crippen molar-refractivity contribution in [1.29, 1.82) is 0 Å². The number of carboxylic acids is 1. The summed E-state index contributed by atoms with van der Waals surface area (Å²) in [6.45, 7) is 6.99. The number of fused-ring (bicyclic) bond motifs is 3. The summed E-state index contributed by atoms with van der Waals surface area (Å²) in [4.78, 5) is 24.4. The Morgan fingerprint density at radius 1 is 1.08 bits per heavy atom. The van der Waals surface area contributed by atoms with Gasteiger partial charge in [-0.1, -0.05) is 20.8 Å². The predicted molar refractivity (Wildman–Crippen MR) is 133 cm³/mol. The van der Waals surface area contributed by atoms with Crippen molar-refractivity contribution in [2.75, 3.05) is 20.3 Å². The zero-order valence-corrected chi connectivity index (χ0v) is 20.7. The number of aromatic nitrogens is 1. The standard InChI is InChI=1S/C28H29F2NO5/c1-28(2,3)26-11-16-10-25(36-9-5-8-35-4)20(18-7-6-17(29)12-22(18)30)13-19(16)23-14-24(32)21(27(33)34)15-31(23)26/h6-7,10,12-15,26H,5,8-9,11H2,1-4H3,(H,33,34). The molecule has 0 bridgehead atoms. The average Bonchev–Trinajstić information content (AvgIpc) is 2.80. The lowest BCUT2D eigenvalue weighted by atomic mass is 9.78. The molecule has 1 N–H and O–H groups in total. The Bertz CT molecular complexity index is 1370. The first-order valence-corrected chi connectivity index (χ1v) is 11.7. The molecule has 1 aromatic heterocycles. The van der Waals surface area contributed by atoms with E-state index in [9.17, 15) is 23.5 Å². The molecule has 0 radical (unpaired) electrons. The number of ether oxygens (including phenoxy) is 2. The van der Waals surface area contributed by atoms with E-state index in [0.29, 0.717) is 48.6 Å². The van der Waals surface area contributed by atoms with Crippen LogP contribution in [0.25, 0.3) is 22.4 Å². The van der Waals surface area contributed by atoms with Crippen molar-refractivity contribution in [3.05, 3.63) is 75.6 Å². The second kappa shape index (κ2) is 9.85. The van der Waals surface area contributed by atoms with Gasteiger partial charge in [0.15, 0.2) is 5.43 Å². The Hall–Kier alpha value is -3.52. The molecule has 190 valence electrons. The van der Waals surface area contributed by atoms with Crippen LogP contribution in [0.1, 0.15) is 49.2 Å². The third-order valence-corrected chi connectivity index (χ3v) is 6.51. The van der Waals surface area contributed by atoms with E-state index < -0.39 is 23.0 Å². The number of hydrogen-bond acceptors (Lipinski definition) is 4. The molecule has 36 heavy (non-hydrogen) atoms. The van der Waals surface area contributed by atoms with Gasteiger partial charge >= 0.3 is 5.97 Å². The third kappa shape index (κ3) is 4.91. The Morgan fingerprint density at radius 2 is 1.83 bits per heavy atom. The average molecular weight is 498 g/mol. The molecule has 0 aliphatic carbocycles. The van der Waals surface area contributed by atoms with Crippen LogP contribution >= 0.6 is 0 Å². The van der Waals surface area contributed by atoms with Crippen molar-refractivity contribution < 1.29 is 28.2 Å². The summed E-state index contributed by atoms with van der Waals surface area (Å²) in [6.07, 6.45) is 2.57. The topological polar surface area (TPSA) is 77.8 Å². The highest BCUT2D eigenvalue weighted by Crippen LogP contribution is 2.46. The summed E-state index contributed by atoms with van der Waals surface area (Å²) < 4.78 is 41.5. The second-order valence-electron chi connectivity index (χ2n) is 10.1. The monoisotopic (exact) mass is 497 g/mol. The number of carboxylic acid groups (broad SMARTS) is 1. The van der Waals surface area contributed by atoms with Crippen LogP contribution in [0.4, 0.5) is 8.78 Å². The number of carbonyl (C=O) groups is 1. The molecule has 1 unspecified atom stereocenters. The maximum absolute atomic E-state index is 14.9. The summed E-state index contributed by atoms with van der Waals surface area (Å²) in [5.74, 6) is -2.27. The van der Waals surface area contributed by atoms with Crippen LogP contribution in [0.3, 0.4) is 0 Å². The number of hydrogen-bond donors (Lipinski definition) is 1. The maximum atomic E-state index is 14.9. The molecule has 0 fully saturated rings. The van der Waals surface area contributed by atoms with Gasteiger partial charge in [0.05, 0.1) is 12.3 Å². The van der Waals surface area contributed by atoms with Crippen LogP contribution in [0.5, 0.6) is 5.75 Å². The SMILES string of the molecule is COCCCOc1cc2c(cc1-c1ccc(F)cc1F)-c1cc(=O)c(C(=O)O)cn1C(C(C)(C)C)C2. The summed E-state index contributed by atoms with van der Waals surface area (Å²) in [6, 6.07) is 8.12. The van der Waals surface area contributed by atoms with Gasteiger partial charge in [-0.2, -0.15) is 0 Å². The van der Waals surface area contributed by atoms with E-state index >= 15 is 0 Å². The fourth-order valence-electron chi connectivity index (χ4n) is 4.67. The number of benzene rings is 2. The number of nitrogens with zero attached hydrogens (tertiary/aromatic N) is 1. The minimum atomic E-state index is -1.29. The smallest absolute Gasteiger partial charge is 0.341 e. The summed E-state index contributed by atoms with van der Waals surface area (Å²) in [5, 5.41) is 9.54. The van der Waals surface area contributed by atoms with E-state index in [4.69, 9.17) is 9.47 Å². The number of pyridine rings is 1. The van der Waals surface area contributed by atoms with Gasteiger partial charge in [-0.05, 0) is 41.7 Å². The largest absolute Gasteiger partial charge is 0.493 e. The van der Waals surface area contributed by atoms with E-state index in [1.807, 2.05) is 10.6 Å². The minimum Gasteiger partial charge on any atom is -0.493 e. The van der Waals surface area contributed by atoms with Crippen LogP contribution in [0.15, 0.2) is 47.4 Å². The minimum absolute atomic E-state index is 0.145. The zero-order chi connectivity index (χ0) is 26.2. The normalized spacial score (nSPS) is 14.8. The molecule has 0 amide bonds. The van der Waals surface area contributed by atoms with Crippen LogP contribution in [-0.2, 0) is 11.2 Å². The van der Waals surface area contributed by atoms with Crippen LogP contribution in [0.2, 0.25) is 0 Å². The van der Waals surface area contributed by atoms with Crippen molar-refractivity contribution >= 4 is 5.97 Å². The predicted octanol–water partition coefficient (Wildman–Crippen LogP) is 5.72. The molecule has 0 saturated carbocycles. The molecule has 8 heteroatoms. The lowest BCUT2D eigenvalue weighted by molar-refractivity contribution is 0.0693. The lowest BCUT2D eigenvalue weighted by Gasteiger charge is -2.39. The van der Waals surface area contributed by atoms with Crippen molar-refractivity contribution in [3.63, 3.8) is 0 Å². The maximum Gasteiger partial charge on any atom is 0.341 e. The van der Waals surface area contributed by atoms with Gasteiger partial charge in [0, 0.05) is 61.2 Å². The molecular formula is C28H29F2NO5. The molecule has 2 heterocycles. The molecule has 0 saturated heterocycles. The van der Waals surface area contributed by atoms with Gasteiger partial charge in [0.1, 0.15) is 22.9 Å². The fraction of sp³-hybridized carbons (Fsp3) is 0.357. The Kier molecular flexibility index (Phi) is 7.00. The van der Waals surface area contributed by atoms with Gasteiger partial charge in [-0.3, -0.25) is 4.79 Å².